The van der Waals surface area contributed by atoms with Crippen LogP contribution in [0.3, 0.4) is 0 Å². The number of halogens is 1. The van der Waals surface area contributed by atoms with E-state index >= 15 is 0 Å². The summed E-state index contributed by atoms with van der Waals surface area (Å²) in [5.41, 5.74) is 3.80. The van der Waals surface area contributed by atoms with Crippen molar-refractivity contribution in [3.05, 3.63) is 82.3 Å². The highest BCUT2D eigenvalue weighted by molar-refractivity contribution is 6.46. The SMILES string of the molecule is Cc1ccc(Cn2cccc2C(=O)C(=O)Nc2ccc(Cl)cn2)cc1C. The molecule has 5 nitrogen and oxygen atoms in total. The number of Topliss-reactive ketones (excluding diaryl/α,β-unsaturated/α-hetero) is 1. The molecule has 0 spiro atoms. The summed E-state index contributed by atoms with van der Waals surface area (Å²) in [6.07, 6.45) is 3.19. The average molecular weight is 368 g/mol. The van der Waals surface area contributed by atoms with Crippen LogP contribution >= 0.6 is 11.6 Å². The molecule has 0 radical (unpaired) electrons. The van der Waals surface area contributed by atoms with Crippen LogP contribution in [0.5, 0.6) is 0 Å². The molecular formula is C20H18ClN3O2. The number of nitrogens with zero attached hydrogens (tertiary/aromatic N) is 2. The van der Waals surface area contributed by atoms with E-state index in [1.54, 1.807) is 35.0 Å². The molecule has 0 aliphatic carbocycles. The lowest BCUT2D eigenvalue weighted by atomic mass is 10.1. The van der Waals surface area contributed by atoms with Crippen molar-refractivity contribution in [2.24, 2.45) is 0 Å². The maximum Gasteiger partial charge on any atom is 0.299 e. The number of carbonyl (C=O) groups excluding carboxylic acids is 2. The normalized spacial score (nSPS) is 10.6. The zero-order chi connectivity index (χ0) is 18.7. The van der Waals surface area contributed by atoms with Gasteiger partial charge in [-0.2, -0.15) is 0 Å². The summed E-state index contributed by atoms with van der Waals surface area (Å²) in [6.45, 7) is 4.62. The van der Waals surface area contributed by atoms with Crippen molar-refractivity contribution in [2.45, 2.75) is 20.4 Å². The molecule has 26 heavy (non-hydrogen) atoms. The first-order chi connectivity index (χ1) is 12.4. The summed E-state index contributed by atoms with van der Waals surface area (Å²) < 4.78 is 1.77. The predicted octanol–water partition coefficient (Wildman–Crippen LogP) is 4.02. The molecule has 2 heterocycles. The number of aryl methyl sites for hydroxylation is 2. The highest BCUT2D eigenvalue weighted by Gasteiger charge is 2.20. The Hall–Kier alpha value is -2.92. The lowest BCUT2D eigenvalue weighted by molar-refractivity contribution is -0.112. The number of aromatic nitrogens is 2. The van der Waals surface area contributed by atoms with E-state index in [0.29, 0.717) is 17.3 Å². The van der Waals surface area contributed by atoms with Crippen LogP contribution < -0.4 is 5.32 Å². The lowest BCUT2D eigenvalue weighted by Gasteiger charge is -2.10. The second kappa shape index (κ2) is 7.54. The maximum atomic E-state index is 12.5. The number of anilines is 1. The van der Waals surface area contributed by atoms with Gasteiger partial charge in [0.1, 0.15) is 5.82 Å². The fraction of sp³-hybridized carbons (Fsp3) is 0.150. The fourth-order valence-electron chi connectivity index (χ4n) is 2.60. The molecule has 0 atom stereocenters. The van der Waals surface area contributed by atoms with Crippen LogP contribution in [0, 0.1) is 13.8 Å². The van der Waals surface area contributed by atoms with Gasteiger partial charge < -0.3 is 9.88 Å². The van der Waals surface area contributed by atoms with E-state index in [1.165, 1.54) is 17.3 Å². The number of hydrogen-bond acceptors (Lipinski definition) is 3. The first kappa shape index (κ1) is 17.9. The molecule has 1 amide bonds. The number of hydrogen-bond donors (Lipinski definition) is 1. The number of pyridine rings is 1. The molecule has 0 saturated carbocycles. The molecule has 2 aromatic heterocycles. The van der Waals surface area contributed by atoms with Gasteiger partial charge in [0, 0.05) is 18.9 Å². The Bertz CT molecular complexity index is 961. The quantitative estimate of drug-likeness (QED) is 0.547. The van der Waals surface area contributed by atoms with Gasteiger partial charge in [-0.25, -0.2) is 4.98 Å². The van der Waals surface area contributed by atoms with Gasteiger partial charge in [-0.15, -0.1) is 0 Å². The van der Waals surface area contributed by atoms with Crippen molar-refractivity contribution in [2.75, 3.05) is 5.32 Å². The second-order valence-corrected chi connectivity index (χ2v) is 6.52. The lowest BCUT2D eigenvalue weighted by Crippen LogP contribution is -2.25. The Balaban J connectivity index is 1.76. The van der Waals surface area contributed by atoms with Crippen LogP contribution in [0.1, 0.15) is 27.2 Å². The van der Waals surface area contributed by atoms with Gasteiger partial charge >= 0.3 is 0 Å². The molecule has 0 bridgehead atoms. The summed E-state index contributed by atoms with van der Waals surface area (Å²) in [7, 11) is 0. The number of ketones is 1. The number of amides is 1. The van der Waals surface area contributed by atoms with E-state index in [9.17, 15) is 9.59 Å². The van der Waals surface area contributed by atoms with Crippen molar-refractivity contribution in [3.8, 4) is 0 Å². The largest absolute Gasteiger partial charge is 0.340 e. The van der Waals surface area contributed by atoms with Crippen molar-refractivity contribution in [3.63, 3.8) is 0 Å². The minimum Gasteiger partial charge on any atom is -0.340 e. The Morgan fingerprint density at radius 2 is 1.92 bits per heavy atom. The third-order valence-electron chi connectivity index (χ3n) is 4.16. The van der Waals surface area contributed by atoms with Crippen molar-refractivity contribution in [1.82, 2.24) is 9.55 Å². The summed E-state index contributed by atoms with van der Waals surface area (Å²) in [5.74, 6) is -1.07. The average Bonchev–Trinajstić information content (AvgIpc) is 3.07. The summed E-state index contributed by atoms with van der Waals surface area (Å²) >= 11 is 5.77. The summed E-state index contributed by atoms with van der Waals surface area (Å²) in [6, 6.07) is 12.7. The zero-order valence-corrected chi connectivity index (χ0v) is 15.2. The van der Waals surface area contributed by atoms with E-state index in [1.807, 2.05) is 13.0 Å². The molecule has 0 aliphatic rings. The third kappa shape index (κ3) is 4.00. The molecule has 3 rings (SSSR count). The molecule has 0 saturated heterocycles. The van der Waals surface area contributed by atoms with E-state index in [-0.39, 0.29) is 5.82 Å². The molecule has 132 valence electrons. The highest BCUT2D eigenvalue weighted by atomic mass is 35.5. The summed E-state index contributed by atoms with van der Waals surface area (Å²) in [4.78, 5) is 28.7. The van der Waals surface area contributed by atoms with Crippen LogP contribution in [0.4, 0.5) is 5.82 Å². The minimum atomic E-state index is -0.736. The topological polar surface area (TPSA) is 64.0 Å². The van der Waals surface area contributed by atoms with Gasteiger partial charge in [0.25, 0.3) is 11.7 Å². The Labute approximate surface area is 156 Å². The van der Waals surface area contributed by atoms with E-state index in [2.05, 4.69) is 29.4 Å². The fourth-order valence-corrected chi connectivity index (χ4v) is 2.71. The van der Waals surface area contributed by atoms with Gasteiger partial charge in [-0.05, 0) is 54.8 Å². The van der Waals surface area contributed by atoms with Gasteiger partial charge in [-0.3, -0.25) is 9.59 Å². The number of nitrogens with one attached hydrogen (secondary N) is 1. The van der Waals surface area contributed by atoms with Crippen molar-refractivity contribution >= 4 is 29.1 Å². The van der Waals surface area contributed by atoms with Crippen LogP contribution in [0.15, 0.2) is 54.9 Å². The van der Waals surface area contributed by atoms with Crippen LogP contribution in [-0.2, 0) is 11.3 Å². The summed E-state index contributed by atoms with van der Waals surface area (Å²) in [5, 5.41) is 2.95. The zero-order valence-electron chi connectivity index (χ0n) is 14.5. The smallest absolute Gasteiger partial charge is 0.299 e. The highest BCUT2D eigenvalue weighted by Crippen LogP contribution is 2.14. The maximum absolute atomic E-state index is 12.5. The predicted molar refractivity (Wildman–Crippen MR) is 102 cm³/mol. The van der Waals surface area contributed by atoms with Gasteiger partial charge in [0.2, 0.25) is 0 Å². The standard InChI is InChI=1S/C20H18ClN3O2/c1-13-5-6-15(10-14(13)2)12-24-9-3-4-17(24)19(25)20(26)23-18-8-7-16(21)11-22-18/h3-11H,12H2,1-2H3,(H,22,23,26). The number of carbonyl (C=O) groups is 2. The molecule has 1 aromatic carbocycles. The number of rotatable bonds is 5. The van der Waals surface area contributed by atoms with E-state index in [0.717, 1.165) is 5.56 Å². The van der Waals surface area contributed by atoms with Gasteiger partial charge in [-0.1, -0.05) is 29.8 Å². The second-order valence-electron chi connectivity index (χ2n) is 6.08. The minimum absolute atomic E-state index is 0.278. The molecule has 3 aromatic rings. The van der Waals surface area contributed by atoms with Crippen molar-refractivity contribution in [1.29, 1.82) is 0 Å². The molecule has 1 N–H and O–H groups in total. The first-order valence-electron chi connectivity index (χ1n) is 8.12. The van der Waals surface area contributed by atoms with Crippen LogP contribution in [-0.4, -0.2) is 21.2 Å². The van der Waals surface area contributed by atoms with Gasteiger partial charge in [0.15, 0.2) is 0 Å². The molecule has 0 fully saturated rings. The van der Waals surface area contributed by atoms with E-state index in [4.69, 9.17) is 11.6 Å². The Morgan fingerprint density at radius 1 is 1.12 bits per heavy atom. The Morgan fingerprint density at radius 3 is 2.62 bits per heavy atom. The van der Waals surface area contributed by atoms with Crippen molar-refractivity contribution < 1.29 is 9.59 Å². The Kier molecular flexibility index (Phi) is 5.19. The van der Waals surface area contributed by atoms with Gasteiger partial charge in [0.05, 0.1) is 10.7 Å². The van der Waals surface area contributed by atoms with E-state index < -0.39 is 11.7 Å². The molecular weight excluding hydrogens is 350 g/mol. The first-order valence-corrected chi connectivity index (χ1v) is 8.50. The third-order valence-corrected chi connectivity index (χ3v) is 4.39. The molecule has 0 aliphatic heterocycles. The molecule has 0 unspecified atom stereocenters. The molecule has 6 heteroatoms. The number of benzene rings is 1. The monoisotopic (exact) mass is 367 g/mol. The van der Waals surface area contributed by atoms with Crippen LogP contribution in [0.2, 0.25) is 5.02 Å². The van der Waals surface area contributed by atoms with Crippen LogP contribution in [0.25, 0.3) is 0 Å².